The lowest BCUT2D eigenvalue weighted by atomic mass is 9.73. The van der Waals surface area contributed by atoms with Crippen molar-refractivity contribution in [1.82, 2.24) is 19.8 Å². The van der Waals surface area contributed by atoms with Gasteiger partial charge in [0.1, 0.15) is 5.69 Å². The first kappa shape index (κ1) is 17.9. The molecule has 2 aliphatic rings. The van der Waals surface area contributed by atoms with Crippen molar-refractivity contribution in [3.63, 3.8) is 0 Å². The number of hydrogen-bond donors (Lipinski definition) is 1. The molecule has 0 saturated carbocycles. The average molecular weight is 348 g/mol. The van der Waals surface area contributed by atoms with Gasteiger partial charge in [0, 0.05) is 57.4 Å². The minimum Gasteiger partial charge on any atom is -0.385 e. The Balaban J connectivity index is 1.68. The molecular formula is C18H28N4O3. The number of hydrogen-bond acceptors (Lipinski definition) is 4. The average Bonchev–Trinajstić information content (AvgIpc) is 3.04. The molecule has 1 spiro atoms. The van der Waals surface area contributed by atoms with Crippen LogP contribution >= 0.6 is 0 Å². The number of carbonyl (C=O) groups excluding carboxylic acids is 2. The Morgan fingerprint density at radius 3 is 2.96 bits per heavy atom. The monoisotopic (exact) mass is 348 g/mol. The Labute approximate surface area is 148 Å². The van der Waals surface area contributed by atoms with Crippen molar-refractivity contribution >= 4 is 11.8 Å². The van der Waals surface area contributed by atoms with E-state index in [0.29, 0.717) is 25.3 Å². The van der Waals surface area contributed by atoms with E-state index >= 15 is 0 Å². The van der Waals surface area contributed by atoms with E-state index in [1.807, 2.05) is 16.7 Å². The van der Waals surface area contributed by atoms with Crippen molar-refractivity contribution in [2.75, 3.05) is 39.9 Å². The van der Waals surface area contributed by atoms with E-state index in [-0.39, 0.29) is 17.2 Å². The van der Waals surface area contributed by atoms with E-state index in [1.165, 1.54) is 0 Å². The molecule has 2 amide bonds. The van der Waals surface area contributed by atoms with Gasteiger partial charge in [-0.2, -0.15) is 0 Å². The number of aromatic amines is 1. The van der Waals surface area contributed by atoms with Crippen molar-refractivity contribution in [3.8, 4) is 0 Å². The smallest absolute Gasteiger partial charge is 0.274 e. The molecule has 0 unspecified atom stereocenters. The molecule has 2 aliphatic heterocycles. The van der Waals surface area contributed by atoms with Crippen molar-refractivity contribution < 1.29 is 14.3 Å². The minimum atomic E-state index is 0.000609. The molecule has 0 aliphatic carbocycles. The lowest BCUT2D eigenvalue weighted by molar-refractivity contribution is -0.139. The summed E-state index contributed by atoms with van der Waals surface area (Å²) in [6.45, 7) is 5.51. The molecule has 25 heavy (non-hydrogen) atoms. The highest BCUT2D eigenvalue weighted by Crippen LogP contribution is 2.39. The van der Waals surface area contributed by atoms with Crippen LogP contribution in [0.15, 0.2) is 6.33 Å². The Hall–Kier alpha value is -1.89. The number of piperidine rings is 2. The summed E-state index contributed by atoms with van der Waals surface area (Å²) >= 11 is 0. The van der Waals surface area contributed by atoms with Crippen LogP contribution in [0.1, 0.15) is 48.3 Å². The lowest BCUT2D eigenvalue weighted by Crippen LogP contribution is -2.55. The number of imidazole rings is 1. The number of rotatable bonds is 5. The molecule has 1 atom stereocenters. The van der Waals surface area contributed by atoms with Crippen LogP contribution in [0.4, 0.5) is 0 Å². The Morgan fingerprint density at radius 1 is 1.40 bits per heavy atom. The van der Waals surface area contributed by atoms with Crippen molar-refractivity contribution in [2.45, 2.75) is 39.0 Å². The number of aromatic nitrogens is 2. The summed E-state index contributed by atoms with van der Waals surface area (Å²) in [6.07, 6.45) is 5.93. The second kappa shape index (κ2) is 7.56. The van der Waals surface area contributed by atoms with Gasteiger partial charge >= 0.3 is 0 Å². The molecule has 1 aromatic heterocycles. The number of amides is 2. The van der Waals surface area contributed by atoms with Crippen LogP contribution in [0.3, 0.4) is 0 Å². The van der Waals surface area contributed by atoms with Gasteiger partial charge in [-0.25, -0.2) is 4.98 Å². The summed E-state index contributed by atoms with van der Waals surface area (Å²) < 4.78 is 5.11. The molecule has 7 nitrogen and oxygen atoms in total. The summed E-state index contributed by atoms with van der Waals surface area (Å²) in [6, 6.07) is 0. The highest BCUT2D eigenvalue weighted by atomic mass is 16.5. The van der Waals surface area contributed by atoms with Crippen LogP contribution in [0.2, 0.25) is 0 Å². The second-order valence-corrected chi connectivity index (χ2v) is 7.37. The number of nitrogens with one attached hydrogen (secondary N) is 1. The van der Waals surface area contributed by atoms with E-state index in [1.54, 1.807) is 13.4 Å². The van der Waals surface area contributed by atoms with Crippen molar-refractivity contribution in [2.24, 2.45) is 5.41 Å². The van der Waals surface area contributed by atoms with Gasteiger partial charge in [0.2, 0.25) is 5.91 Å². The van der Waals surface area contributed by atoms with Crippen LogP contribution in [-0.2, 0) is 9.53 Å². The third-order valence-corrected chi connectivity index (χ3v) is 5.51. The van der Waals surface area contributed by atoms with Crippen LogP contribution in [0.25, 0.3) is 0 Å². The van der Waals surface area contributed by atoms with Crippen LogP contribution < -0.4 is 0 Å². The molecule has 0 bridgehead atoms. The molecule has 0 aromatic carbocycles. The van der Waals surface area contributed by atoms with E-state index in [4.69, 9.17) is 4.74 Å². The zero-order chi connectivity index (χ0) is 17.9. The molecule has 1 N–H and O–H groups in total. The van der Waals surface area contributed by atoms with Crippen LogP contribution in [-0.4, -0.2) is 71.5 Å². The van der Waals surface area contributed by atoms with Crippen molar-refractivity contribution in [3.05, 3.63) is 17.7 Å². The van der Waals surface area contributed by atoms with Gasteiger partial charge in [0.25, 0.3) is 5.91 Å². The molecule has 2 fully saturated rings. The second-order valence-electron chi connectivity index (χ2n) is 7.37. The molecular weight excluding hydrogens is 320 g/mol. The van der Waals surface area contributed by atoms with Crippen molar-refractivity contribution in [1.29, 1.82) is 0 Å². The first-order valence-electron chi connectivity index (χ1n) is 9.11. The quantitative estimate of drug-likeness (QED) is 0.820. The van der Waals surface area contributed by atoms with Gasteiger partial charge in [-0.1, -0.05) is 0 Å². The third-order valence-electron chi connectivity index (χ3n) is 5.51. The number of nitrogens with zero attached hydrogens (tertiary/aromatic N) is 3. The predicted molar refractivity (Wildman–Crippen MR) is 93.2 cm³/mol. The van der Waals surface area contributed by atoms with Crippen LogP contribution in [0.5, 0.6) is 0 Å². The minimum absolute atomic E-state index is 0.000609. The predicted octanol–water partition coefficient (Wildman–Crippen LogP) is 1.60. The third kappa shape index (κ3) is 3.86. The lowest BCUT2D eigenvalue weighted by Gasteiger charge is -2.48. The summed E-state index contributed by atoms with van der Waals surface area (Å²) in [5.74, 6) is 0.231. The summed E-state index contributed by atoms with van der Waals surface area (Å²) in [5.41, 5.74) is 1.35. The Bertz CT molecular complexity index is 630. The zero-order valence-corrected chi connectivity index (χ0v) is 15.2. The fraction of sp³-hybridized carbons (Fsp3) is 0.722. The Morgan fingerprint density at radius 2 is 2.24 bits per heavy atom. The summed E-state index contributed by atoms with van der Waals surface area (Å²) in [7, 11) is 1.68. The largest absolute Gasteiger partial charge is 0.385 e. The van der Waals surface area contributed by atoms with Gasteiger partial charge < -0.3 is 19.5 Å². The fourth-order valence-electron chi connectivity index (χ4n) is 4.14. The normalized spacial score (nSPS) is 24.2. The number of ether oxygens (including phenoxy) is 1. The maximum absolute atomic E-state index is 12.8. The summed E-state index contributed by atoms with van der Waals surface area (Å²) in [4.78, 5) is 36.1. The van der Waals surface area contributed by atoms with Gasteiger partial charge in [-0.3, -0.25) is 9.59 Å². The number of H-pyrrole nitrogens is 1. The number of likely N-dealkylation sites (tertiary alicyclic amines) is 2. The van der Waals surface area contributed by atoms with E-state index in [0.717, 1.165) is 51.0 Å². The summed E-state index contributed by atoms with van der Waals surface area (Å²) in [5, 5.41) is 0. The van der Waals surface area contributed by atoms with E-state index in [9.17, 15) is 9.59 Å². The molecule has 7 heteroatoms. The molecule has 3 rings (SSSR count). The fourth-order valence-corrected chi connectivity index (χ4v) is 4.14. The highest BCUT2D eigenvalue weighted by Gasteiger charge is 2.43. The number of aryl methyl sites for hydroxylation is 1. The van der Waals surface area contributed by atoms with Gasteiger partial charge in [0.05, 0.1) is 6.33 Å². The Kier molecular flexibility index (Phi) is 5.42. The number of carbonyl (C=O) groups is 2. The highest BCUT2D eigenvalue weighted by molar-refractivity contribution is 5.93. The standard InChI is InChI=1S/C18H28N4O3/c1-14-16(20-13-19-14)17(24)22-8-3-6-18(12-22)7-5-15(23)21(11-18)9-4-10-25-2/h13H,3-12H2,1-2H3,(H,19,20)/t18-/m0/s1. The van der Waals surface area contributed by atoms with Gasteiger partial charge in [-0.15, -0.1) is 0 Å². The molecule has 2 saturated heterocycles. The van der Waals surface area contributed by atoms with E-state index < -0.39 is 0 Å². The first-order valence-corrected chi connectivity index (χ1v) is 9.11. The molecule has 3 heterocycles. The molecule has 1 aromatic rings. The zero-order valence-electron chi connectivity index (χ0n) is 15.2. The van der Waals surface area contributed by atoms with Gasteiger partial charge in [-0.05, 0) is 32.6 Å². The maximum Gasteiger partial charge on any atom is 0.274 e. The maximum atomic E-state index is 12.8. The van der Waals surface area contributed by atoms with Crippen LogP contribution in [0, 0.1) is 12.3 Å². The SMILES string of the molecule is COCCCN1C[C@]2(CCCN(C(=O)c3nc[nH]c3C)C2)CCC1=O. The topological polar surface area (TPSA) is 78.5 Å². The molecule has 138 valence electrons. The van der Waals surface area contributed by atoms with E-state index in [2.05, 4.69) is 9.97 Å². The molecule has 0 radical (unpaired) electrons. The van der Waals surface area contributed by atoms with Gasteiger partial charge in [0.15, 0.2) is 0 Å². The first-order chi connectivity index (χ1) is 12.0. The number of methoxy groups -OCH3 is 1.